The average molecular weight is 514 g/mol. The number of carbonyl (C=O) groups excluding carboxylic acids is 3. The summed E-state index contributed by atoms with van der Waals surface area (Å²) in [6.45, 7) is 7.92. The third kappa shape index (κ3) is 5.47. The van der Waals surface area contributed by atoms with Gasteiger partial charge in [-0.05, 0) is 69.2 Å². The molecule has 1 atom stereocenters. The number of aryl methyl sites for hydroxylation is 1. The Morgan fingerprint density at radius 3 is 2.34 bits per heavy atom. The van der Waals surface area contributed by atoms with Crippen molar-refractivity contribution in [2.75, 3.05) is 11.5 Å². The number of Topliss-reactive ketones (excluding diaryl/α,β-unsaturated/α-hetero) is 1. The van der Waals surface area contributed by atoms with Crippen LogP contribution in [0.4, 0.5) is 5.69 Å². The molecule has 38 heavy (non-hydrogen) atoms. The first kappa shape index (κ1) is 26.7. The van der Waals surface area contributed by atoms with Crippen molar-refractivity contribution < 1.29 is 29.0 Å². The van der Waals surface area contributed by atoms with E-state index in [1.165, 1.54) is 4.90 Å². The van der Waals surface area contributed by atoms with Gasteiger partial charge >= 0.3 is 5.97 Å². The van der Waals surface area contributed by atoms with Gasteiger partial charge in [-0.15, -0.1) is 0 Å². The molecule has 196 valence electrons. The summed E-state index contributed by atoms with van der Waals surface area (Å²) in [5.74, 6) is -1.77. The van der Waals surface area contributed by atoms with E-state index in [0.29, 0.717) is 41.2 Å². The summed E-state index contributed by atoms with van der Waals surface area (Å²) in [5.41, 5.74) is 2.72. The van der Waals surface area contributed by atoms with Crippen molar-refractivity contribution in [3.8, 4) is 5.75 Å². The fourth-order valence-corrected chi connectivity index (χ4v) is 4.44. The number of ketones is 1. The first-order valence-electron chi connectivity index (χ1n) is 12.6. The Morgan fingerprint density at radius 2 is 1.68 bits per heavy atom. The second-order valence-electron chi connectivity index (χ2n) is 9.46. The highest BCUT2D eigenvalue weighted by Crippen LogP contribution is 2.42. The Balaban J connectivity index is 1.82. The number of carbonyl (C=O) groups is 3. The molecule has 1 saturated heterocycles. The molecule has 0 aliphatic carbocycles. The second kappa shape index (κ2) is 11.3. The van der Waals surface area contributed by atoms with Crippen LogP contribution in [-0.4, -0.2) is 35.5 Å². The third-order valence-corrected chi connectivity index (χ3v) is 6.10. The Bertz CT molecular complexity index is 1390. The van der Waals surface area contributed by atoms with Crippen molar-refractivity contribution in [2.45, 2.75) is 46.3 Å². The molecule has 1 fully saturated rings. The zero-order valence-electron chi connectivity index (χ0n) is 21.9. The summed E-state index contributed by atoms with van der Waals surface area (Å²) in [6.07, 6.45) is 0.629. The van der Waals surface area contributed by atoms with Gasteiger partial charge in [-0.2, -0.15) is 0 Å². The van der Waals surface area contributed by atoms with E-state index in [1.807, 2.05) is 52.0 Å². The Labute approximate surface area is 222 Å². The predicted molar refractivity (Wildman–Crippen MR) is 145 cm³/mol. The summed E-state index contributed by atoms with van der Waals surface area (Å²) in [5, 5.41) is 11.4. The SMILES string of the molecule is CCCOC(=O)c1ccc(N2C(=O)C(=O)/C(=C(/O)c3cccc(OC(C)C)c3)C2c2cccc(C)c2)cc1. The molecular formula is C31H31NO6. The van der Waals surface area contributed by atoms with Crippen LogP contribution in [0.2, 0.25) is 0 Å². The fraction of sp³-hybridized carbons (Fsp3) is 0.258. The molecule has 7 heteroatoms. The van der Waals surface area contributed by atoms with Gasteiger partial charge in [0, 0.05) is 11.3 Å². The van der Waals surface area contributed by atoms with E-state index >= 15 is 0 Å². The largest absolute Gasteiger partial charge is 0.507 e. The number of hydrogen-bond donors (Lipinski definition) is 1. The lowest BCUT2D eigenvalue weighted by molar-refractivity contribution is -0.132. The maximum atomic E-state index is 13.4. The lowest BCUT2D eigenvalue weighted by Crippen LogP contribution is -2.29. The molecule has 4 rings (SSSR count). The van der Waals surface area contributed by atoms with Crippen LogP contribution in [0, 0.1) is 6.92 Å². The van der Waals surface area contributed by atoms with E-state index in [1.54, 1.807) is 48.5 Å². The third-order valence-electron chi connectivity index (χ3n) is 6.10. The highest BCUT2D eigenvalue weighted by molar-refractivity contribution is 6.51. The van der Waals surface area contributed by atoms with Crippen molar-refractivity contribution in [1.29, 1.82) is 0 Å². The van der Waals surface area contributed by atoms with Crippen LogP contribution in [0.15, 0.2) is 78.4 Å². The van der Waals surface area contributed by atoms with Gasteiger partial charge in [-0.3, -0.25) is 14.5 Å². The van der Waals surface area contributed by atoms with Crippen molar-refractivity contribution >= 4 is 29.1 Å². The van der Waals surface area contributed by atoms with Crippen molar-refractivity contribution in [2.24, 2.45) is 0 Å². The molecule has 0 radical (unpaired) electrons. The van der Waals surface area contributed by atoms with Gasteiger partial charge in [-0.25, -0.2) is 4.79 Å². The quantitative estimate of drug-likeness (QED) is 0.173. The van der Waals surface area contributed by atoms with E-state index in [9.17, 15) is 19.5 Å². The lowest BCUT2D eigenvalue weighted by atomic mass is 9.94. The predicted octanol–water partition coefficient (Wildman–Crippen LogP) is 5.98. The fourth-order valence-electron chi connectivity index (χ4n) is 4.44. The van der Waals surface area contributed by atoms with Gasteiger partial charge < -0.3 is 14.6 Å². The Hall–Kier alpha value is -4.39. The first-order chi connectivity index (χ1) is 18.2. The molecular weight excluding hydrogens is 482 g/mol. The number of aliphatic hydroxyl groups is 1. The van der Waals surface area contributed by atoms with E-state index in [0.717, 1.165) is 5.56 Å². The van der Waals surface area contributed by atoms with E-state index in [4.69, 9.17) is 9.47 Å². The van der Waals surface area contributed by atoms with Crippen LogP contribution >= 0.6 is 0 Å². The molecule has 3 aromatic rings. The zero-order chi connectivity index (χ0) is 27.4. The molecule has 1 amide bonds. The molecule has 1 unspecified atom stereocenters. The number of anilines is 1. The van der Waals surface area contributed by atoms with Gasteiger partial charge in [0.25, 0.3) is 11.7 Å². The number of rotatable bonds is 8. The lowest BCUT2D eigenvalue weighted by Gasteiger charge is -2.26. The van der Waals surface area contributed by atoms with E-state index < -0.39 is 23.7 Å². The molecule has 0 aromatic heterocycles. The molecule has 0 bridgehead atoms. The van der Waals surface area contributed by atoms with Crippen molar-refractivity contribution in [1.82, 2.24) is 0 Å². The van der Waals surface area contributed by atoms with Crippen LogP contribution in [0.1, 0.15) is 60.3 Å². The number of aliphatic hydroxyl groups excluding tert-OH is 1. The van der Waals surface area contributed by atoms with Gasteiger partial charge in [0.1, 0.15) is 11.5 Å². The van der Waals surface area contributed by atoms with Crippen LogP contribution in [-0.2, 0) is 14.3 Å². The molecule has 1 N–H and O–H groups in total. The minimum absolute atomic E-state index is 0.0197. The van der Waals surface area contributed by atoms with Crippen LogP contribution in [0.5, 0.6) is 5.75 Å². The second-order valence-corrected chi connectivity index (χ2v) is 9.46. The smallest absolute Gasteiger partial charge is 0.338 e. The number of benzene rings is 3. The minimum atomic E-state index is -0.873. The Kier molecular flexibility index (Phi) is 7.96. The average Bonchev–Trinajstić information content (AvgIpc) is 3.17. The molecule has 1 aliphatic rings. The number of nitrogens with zero attached hydrogens (tertiary/aromatic N) is 1. The molecule has 0 spiro atoms. The standard InChI is InChI=1S/C31H31NO6/c1-5-16-37-31(36)21-12-14-24(15-13-21)32-27(22-9-6-8-20(4)17-22)26(29(34)30(32)35)28(33)23-10-7-11-25(18-23)38-19(2)3/h6-15,17-19,27,33H,5,16H2,1-4H3/b28-26+. The number of amides is 1. The van der Waals surface area contributed by atoms with Gasteiger partial charge in [0.15, 0.2) is 0 Å². The summed E-state index contributed by atoms with van der Waals surface area (Å²) >= 11 is 0. The molecule has 3 aromatic carbocycles. The van der Waals surface area contributed by atoms with Gasteiger partial charge in [0.05, 0.1) is 29.9 Å². The van der Waals surface area contributed by atoms with Crippen LogP contribution < -0.4 is 9.64 Å². The van der Waals surface area contributed by atoms with E-state index in [-0.39, 0.29) is 17.4 Å². The van der Waals surface area contributed by atoms with Gasteiger partial charge in [-0.1, -0.05) is 48.9 Å². The highest BCUT2D eigenvalue weighted by Gasteiger charge is 2.47. The van der Waals surface area contributed by atoms with Gasteiger partial charge in [0.2, 0.25) is 0 Å². The normalized spacial score (nSPS) is 16.7. The number of esters is 1. The van der Waals surface area contributed by atoms with Crippen molar-refractivity contribution in [3.63, 3.8) is 0 Å². The molecule has 7 nitrogen and oxygen atoms in total. The van der Waals surface area contributed by atoms with E-state index in [2.05, 4.69) is 0 Å². The first-order valence-corrected chi connectivity index (χ1v) is 12.6. The summed E-state index contributed by atoms with van der Waals surface area (Å²) in [7, 11) is 0. The minimum Gasteiger partial charge on any atom is -0.507 e. The zero-order valence-corrected chi connectivity index (χ0v) is 21.9. The molecule has 0 saturated carbocycles. The maximum Gasteiger partial charge on any atom is 0.338 e. The topological polar surface area (TPSA) is 93.1 Å². The molecule has 1 heterocycles. The van der Waals surface area contributed by atoms with Crippen molar-refractivity contribution in [3.05, 3.63) is 101 Å². The maximum absolute atomic E-state index is 13.4. The van der Waals surface area contributed by atoms with Crippen LogP contribution in [0.25, 0.3) is 5.76 Å². The summed E-state index contributed by atoms with van der Waals surface area (Å²) in [6, 6.07) is 19.7. The number of ether oxygens (including phenoxy) is 2. The number of hydrogen-bond acceptors (Lipinski definition) is 6. The summed E-state index contributed by atoms with van der Waals surface area (Å²) < 4.78 is 10.9. The molecule has 1 aliphatic heterocycles. The van der Waals surface area contributed by atoms with Crippen LogP contribution in [0.3, 0.4) is 0 Å². The summed E-state index contributed by atoms with van der Waals surface area (Å²) in [4.78, 5) is 40.4. The Morgan fingerprint density at radius 1 is 0.974 bits per heavy atom. The highest BCUT2D eigenvalue weighted by atomic mass is 16.5. The monoisotopic (exact) mass is 513 g/mol.